The maximum absolute atomic E-state index is 9.34. The number of hydrogen-bond donors (Lipinski definition) is 2. The zero-order valence-corrected chi connectivity index (χ0v) is 9.20. The highest BCUT2D eigenvalue weighted by Crippen LogP contribution is 2.07. The van der Waals surface area contributed by atoms with Crippen LogP contribution in [0.2, 0.25) is 0 Å². The molecule has 1 aliphatic heterocycles. The molecule has 0 aromatic carbocycles. The lowest BCUT2D eigenvalue weighted by Crippen LogP contribution is -2.43. The van der Waals surface area contributed by atoms with Gasteiger partial charge in [-0.2, -0.15) is 0 Å². The van der Waals surface area contributed by atoms with E-state index < -0.39 is 6.29 Å². The van der Waals surface area contributed by atoms with Gasteiger partial charge in [0.05, 0.1) is 0 Å². The van der Waals surface area contributed by atoms with Crippen molar-refractivity contribution >= 4 is 0 Å². The average molecular weight is 202 g/mol. The van der Waals surface area contributed by atoms with E-state index in [1.165, 1.54) is 0 Å². The number of aliphatic hydroxyl groups is 1. The van der Waals surface area contributed by atoms with Gasteiger partial charge in [-0.3, -0.25) is 0 Å². The summed E-state index contributed by atoms with van der Waals surface area (Å²) < 4.78 is 5.04. The van der Waals surface area contributed by atoms with E-state index in [0.717, 1.165) is 25.9 Å². The summed E-state index contributed by atoms with van der Waals surface area (Å²) in [5, 5.41) is 12.7. The van der Waals surface area contributed by atoms with Crippen molar-refractivity contribution in [1.29, 1.82) is 0 Å². The molecule has 0 aromatic heterocycles. The monoisotopic (exact) mass is 202 g/mol. The van der Waals surface area contributed by atoms with Crippen molar-refractivity contribution in [3.05, 3.63) is 0 Å². The molecular weight excluding hydrogens is 180 g/mol. The van der Waals surface area contributed by atoms with E-state index in [9.17, 15) is 5.11 Å². The number of aliphatic hydroxyl groups excluding tert-OH is 1. The first-order valence-electron chi connectivity index (χ1n) is 5.44. The summed E-state index contributed by atoms with van der Waals surface area (Å²) in [6, 6.07) is 0.543. The molecule has 1 heterocycles. The zero-order chi connectivity index (χ0) is 10.4. The molecule has 0 radical (unpaired) electrons. The van der Waals surface area contributed by atoms with E-state index in [1.807, 2.05) is 6.92 Å². The Morgan fingerprint density at radius 2 is 2.14 bits per heavy atom. The molecule has 1 aliphatic rings. The molecule has 0 bridgehead atoms. The largest absolute Gasteiger partial charge is 0.367 e. The standard InChI is InChI=1S/C10H22N2O2/c1-3-14-10(13)8-11-9-4-6-12(2)7-5-9/h9-11,13H,3-8H2,1-2H3. The molecule has 0 aliphatic carbocycles. The van der Waals surface area contributed by atoms with Gasteiger partial charge in [0.2, 0.25) is 0 Å². The van der Waals surface area contributed by atoms with Gasteiger partial charge in [0.25, 0.3) is 0 Å². The van der Waals surface area contributed by atoms with Crippen LogP contribution < -0.4 is 5.32 Å². The van der Waals surface area contributed by atoms with E-state index in [2.05, 4.69) is 17.3 Å². The fourth-order valence-electron chi connectivity index (χ4n) is 1.73. The van der Waals surface area contributed by atoms with E-state index in [1.54, 1.807) is 0 Å². The summed E-state index contributed by atoms with van der Waals surface area (Å²) >= 11 is 0. The van der Waals surface area contributed by atoms with E-state index in [-0.39, 0.29) is 0 Å². The Kier molecular flexibility index (Phi) is 5.40. The van der Waals surface area contributed by atoms with E-state index >= 15 is 0 Å². The maximum atomic E-state index is 9.34. The number of nitrogens with zero attached hydrogens (tertiary/aromatic N) is 1. The summed E-state index contributed by atoms with van der Waals surface area (Å²) in [7, 11) is 2.14. The summed E-state index contributed by atoms with van der Waals surface area (Å²) in [6.07, 6.45) is 1.67. The average Bonchev–Trinajstić information content (AvgIpc) is 2.17. The van der Waals surface area contributed by atoms with Crippen molar-refractivity contribution in [3.63, 3.8) is 0 Å². The Bertz CT molecular complexity index is 147. The highest BCUT2D eigenvalue weighted by molar-refractivity contribution is 4.75. The van der Waals surface area contributed by atoms with E-state index in [0.29, 0.717) is 19.2 Å². The topological polar surface area (TPSA) is 44.7 Å². The fraction of sp³-hybridized carbons (Fsp3) is 1.00. The Morgan fingerprint density at radius 3 is 2.71 bits per heavy atom. The summed E-state index contributed by atoms with van der Waals surface area (Å²) in [4.78, 5) is 2.33. The number of rotatable bonds is 5. The van der Waals surface area contributed by atoms with Gasteiger partial charge in [-0.15, -0.1) is 0 Å². The van der Waals surface area contributed by atoms with Crippen LogP contribution in [0.25, 0.3) is 0 Å². The molecule has 1 unspecified atom stereocenters. The first kappa shape index (κ1) is 11.9. The molecule has 1 rings (SSSR count). The van der Waals surface area contributed by atoms with Gasteiger partial charge in [0.15, 0.2) is 6.29 Å². The molecular formula is C10H22N2O2. The first-order chi connectivity index (χ1) is 6.72. The molecule has 4 nitrogen and oxygen atoms in total. The Labute approximate surface area is 86.2 Å². The number of likely N-dealkylation sites (tertiary alicyclic amines) is 1. The minimum absolute atomic E-state index is 0.543. The van der Waals surface area contributed by atoms with Gasteiger partial charge in [-0.05, 0) is 39.9 Å². The molecule has 0 saturated carbocycles. The van der Waals surface area contributed by atoms with Crippen molar-refractivity contribution in [2.75, 3.05) is 33.3 Å². The molecule has 0 aromatic rings. The van der Waals surface area contributed by atoms with Crippen molar-refractivity contribution in [2.45, 2.75) is 32.1 Å². The number of ether oxygens (including phenoxy) is 1. The molecule has 2 N–H and O–H groups in total. The van der Waals surface area contributed by atoms with Gasteiger partial charge in [-0.1, -0.05) is 0 Å². The molecule has 0 spiro atoms. The number of piperidine rings is 1. The van der Waals surface area contributed by atoms with Crippen molar-refractivity contribution in [3.8, 4) is 0 Å². The smallest absolute Gasteiger partial charge is 0.167 e. The summed E-state index contributed by atoms with van der Waals surface area (Å²) in [6.45, 7) is 5.28. The van der Waals surface area contributed by atoms with Crippen LogP contribution >= 0.6 is 0 Å². The van der Waals surface area contributed by atoms with Crippen LogP contribution in [0, 0.1) is 0 Å². The lowest BCUT2D eigenvalue weighted by atomic mass is 10.1. The number of nitrogens with one attached hydrogen (secondary N) is 1. The molecule has 0 amide bonds. The predicted molar refractivity (Wildman–Crippen MR) is 56.2 cm³/mol. The van der Waals surface area contributed by atoms with Crippen LogP contribution in [0.15, 0.2) is 0 Å². The molecule has 1 atom stereocenters. The van der Waals surface area contributed by atoms with Crippen LogP contribution in [-0.4, -0.2) is 55.6 Å². The van der Waals surface area contributed by atoms with Gasteiger partial charge in [0.1, 0.15) is 0 Å². The molecule has 1 saturated heterocycles. The quantitative estimate of drug-likeness (QED) is 0.617. The van der Waals surface area contributed by atoms with Crippen LogP contribution in [0.3, 0.4) is 0 Å². The highest BCUT2D eigenvalue weighted by atomic mass is 16.6. The number of hydrogen-bond acceptors (Lipinski definition) is 4. The third kappa shape index (κ3) is 4.37. The third-order valence-corrected chi connectivity index (χ3v) is 2.66. The molecule has 14 heavy (non-hydrogen) atoms. The minimum Gasteiger partial charge on any atom is -0.367 e. The van der Waals surface area contributed by atoms with Gasteiger partial charge in [0, 0.05) is 19.2 Å². The van der Waals surface area contributed by atoms with Crippen LogP contribution in [0.5, 0.6) is 0 Å². The van der Waals surface area contributed by atoms with Crippen LogP contribution in [0.4, 0.5) is 0 Å². The van der Waals surface area contributed by atoms with Crippen LogP contribution in [-0.2, 0) is 4.74 Å². The Morgan fingerprint density at radius 1 is 1.50 bits per heavy atom. The Balaban J connectivity index is 2.06. The highest BCUT2D eigenvalue weighted by Gasteiger charge is 2.16. The minimum atomic E-state index is -0.653. The first-order valence-corrected chi connectivity index (χ1v) is 5.44. The fourth-order valence-corrected chi connectivity index (χ4v) is 1.73. The van der Waals surface area contributed by atoms with Crippen molar-refractivity contribution < 1.29 is 9.84 Å². The predicted octanol–water partition coefficient (Wildman–Crippen LogP) is 0.0251. The maximum Gasteiger partial charge on any atom is 0.167 e. The lowest BCUT2D eigenvalue weighted by Gasteiger charge is -2.30. The summed E-state index contributed by atoms with van der Waals surface area (Å²) in [5.74, 6) is 0. The second-order valence-electron chi connectivity index (χ2n) is 3.90. The zero-order valence-electron chi connectivity index (χ0n) is 9.20. The second-order valence-corrected chi connectivity index (χ2v) is 3.90. The molecule has 84 valence electrons. The van der Waals surface area contributed by atoms with Gasteiger partial charge >= 0.3 is 0 Å². The lowest BCUT2D eigenvalue weighted by molar-refractivity contribution is -0.0930. The van der Waals surface area contributed by atoms with Crippen molar-refractivity contribution in [2.24, 2.45) is 0 Å². The molecule has 1 fully saturated rings. The van der Waals surface area contributed by atoms with Crippen LogP contribution in [0.1, 0.15) is 19.8 Å². The second kappa shape index (κ2) is 6.35. The Hall–Kier alpha value is -0.160. The summed E-state index contributed by atoms with van der Waals surface area (Å²) in [5.41, 5.74) is 0. The normalized spacial score (nSPS) is 22.5. The van der Waals surface area contributed by atoms with Crippen molar-refractivity contribution in [1.82, 2.24) is 10.2 Å². The molecule has 4 heteroatoms. The SMILES string of the molecule is CCOC(O)CNC1CCN(C)CC1. The van der Waals surface area contributed by atoms with Gasteiger partial charge in [-0.25, -0.2) is 0 Å². The van der Waals surface area contributed by atoms with E-state index in [4.69, 9.17) is 4.74 Å². The third-order valence-electron chi connectivity index (χ3n) is 2.66. The van der Waals surface area contributed by atoms with Gasteiger partial charge < -0.3 is 20.1 Å².